The summed E-state index contributed by atoms with van der Waals surface area (Å²) >= 11 is 1.61. The summed E-state index contributed by atoms with van der Waals surface area (Å²) in [6, 6.07) is 1.75. The lowest BCUT2D eigenvalue weighted by molar-refractivity contribution is -0.122. The number of nitrogens with zero attached hydrogens (tertiary/aromatic N) is 3. The lowest BCUT2D eigenvalue weighted by Gasteiger charge is -2.35. The predicted molar refractivity (Wildman–Crippen MR) is 75.5 cm³/mol. The van der Waals surface area contributed by atoms with E-state index in [4.69, 9.17) is 0 Å². The Bertz CT molecular complexity index is 599. The van der Waals surface area contributed by atoms with Gasteiger partial charge in [-0.25, -0.2) is 9.97 Å². The third-order valence-electron chi connectivity index (χ3n) is 3.29. The molecule has 0 spiro atoms. The second-order valence-electron chi connectivity index (χ2n) is 4.36. The van der Waals surface area contributed by atoms with Crippen LogP contribution in [0.5, 0.6) is 0 Å². The van der Waals surface area contributed by atoms with Gasteiger partial charge in [-0.15, -0.1) is 11.3 Å². The molecule has 2 aromatic rings. The highest BCUT2D eigenvalue weighted by atomic mass is 32.1. The topological polar surface area (TPSA) is 70.2 Å². The van der Waals surface area contributed by atoms with Gasteiger partial charge in [0, 0.05) is 26.7 Å². The van der Waals surface area contributed by atoms with Crippen LogP contribution in [0, 0.1) is 0 Å². The summed E-state index contributed by atoms with van der Waals surface area (Å²) < 4.78 is 1.04. The van der Waals surface area contributed by atoms with Crippen molar-refractivity contribution < 1.29 is 4.79 Å². The van der Waals surface area contributed by atoms with Gasteiger partial charge < -0.3 is 15.5 Å². The van der Waals surface area contributed by atoms with Crippen molar-refractivity contribution in [2.75, 3.05) is 31.6 Å². The summed E-state index contributed by atoms with van der Waals surface area (Å²) in [4.78, 5) is 22.7. The number of carbonyl (C=O) groups is 1. The summed E-state index contributed by atoms with van der Waals surface area (Å²) in [7, 11) is 1.66. The van der Waals surface area contributed by atoms with Crippen LogP contribution in [0.1, 0.15) is 0 Å². The summed E-state index contributed by atoms with van der Waals surface area (Å²) in [6.45, 7) is 2.25. The zero-order valence-corrected chi connectivity index (χ0v) is 11.4. The molecule has 1 aliphatic rings. The first kappa shape index (κ1) is 12.3. The van der Waals surface area contributed by atoms with Crippen LogP contribution in [-0.2, 0) is 4.79 Å². The minimum Gasteiger partial charge on any atom is -0.357 e. The Kier molecular flexibility index (Phi) is 3.31. The maximum Gasteiger partial charge on any atom is 0.243 e. The zero-order chi connectivity index (χ0) is 13.2. The highest BCUT2D eigenvalue weighted by Crippen LogP contribution is 2.29. The van der Waals surface area contributed by atoms with Crippen LogP contribution >= 0.6 is 11.3 Å². The van der Waals surface area contributed by atoms with Gasteiger partial charge in [0.05, 0.1) is 10.2 Å². The smallest absolute Gasteiger partial charge is 0.243 e. The Morgan fingerprint density at radius 3 is 3.32 bits per heavy atom. The molecular weight excluding hydrogens is 262 g/mol. The molecule has 7 heteroatoms. The number of piperazine rings is 1. The monoisotopic (exact) mass is 277 g/mol. The van der Waals surface area contributed by atoms with Crippen molar-refractivity contribution in [2.24, 2.45) is 0 Å². The number of fused-ring (bicyclic) bond motifs is 1. The molecule has 1 amide bonds. The first-order valence-corrected chi connectivity index (χ1v) is 7.06. The molecule has 0 bridgehead atoms. The van der Waals surface area contributed by atoms with Gasteiger partial charge in [-0.05, 0) is 11.4 Å². The average Bonchev–Trinajstić information content (AvgIpc) is 2.94. The summed E-state index contributed by atoms with van der Waals surface area (Å²) in [5.41, 5.74) is 0.934. The molecule has 0 aromatic carbocycles. The number of amides is 1. The Hall–Kier alpha value is -1.73. The van der Waals surface area contributed by atoms with Crippen molar-refractivity contribution in [1.82, 2.24) is 20.6 Å². The molecule has 1 unspecified atom stereocenters. The molecule has 1 atom stereocenters. The Labute approximate surface area is 114 Å². The fourth-order valence-corrected chi connectivity index (χ4v) is 3.19. The van der Waals surface area contributed by atoms with Crippen LogP contribution < -0.4 is 15.5 Å². The number of anilines is 1. The van der Waals surface area contributed by atoms with E-state index in [1.54, 1.807) is 24.7 Å². The molecule has 6 nitrogen and oxygen atoms in total. The molecule has 19 heavy (non-hydrogen) atoms. The third-order valence-corrected chi connectivity index (χ3v) is 4.19. The first-order chi connectivity index (χ1) is 9.31. The lowest BCUT2D eigenvalue weighted by atomic mass is 10.1. The Morgan fingerprint density at radius 1 is 1.58 bits per heavy atom. The average molecular weight is 277 g/mol. The van der Waals surface area contributed by atoms with Gasteiger partial charge in [0.25, 0.3) is 0 Å². The Balaban J connectivity index is 2.02. The van der Waals surface area contributed by atoms with Gasteiger partial charge >= 0.3 is 0 Å². The van der Waals surface area contributed by atoms with Crippen molar-refractivity contribution in [3.63, 3.8) is 0 Å². The van der Waals surface area contributed by atoms with Crippen LogP contribution in [0.4, 0.5) is 5.82 Å². The second kappa shape index (κ2) is 5.10. The fourth-order valence-electron chi connectivity index (χ4n) is 2.34. The number of likely N-dealkylation sites (N-methyl/N-ethyl adjacent to an activating group) is 1. The molecule has 0 saturated carbocycles. The van der Waals surface area contributed by atoms with Gasteiger partial charge in [0.15, 0.2) is 5.82 Å². The fraction of sp³-hybridized carbons (Fsp3) is 0.417. The number of rotatable bonds is 2. The molecule has 100 valence electrons. The van der Waals surface area contributed by atoms with Gasteiger partial charge in [-0.1, -0.05) is 0 Å². The van der Waals surface area contributed by atoms with Crippen molar-refractivity contribution in [3.05, 3.63) is 17.8 Å². The van der Waals surface area contributed by atoms with E-state index < -0.39 is 0 Å². The highest BCUT2D eigenvalue weighted by molar-refractivity contribution is 7.17. The quantitative estimate of drug-likeness (QED) is 0.821. The molecule has 2 N–H and O–H groups in total. The van der Waals surface area contributed by atoms with Crippen molar-refractivity contribution in [3.8, 4) is 0 Å². The number of hydrogen-bond donors (Lipinski definition) is 2. The molecule has 1 fully saturated rings. The van der Waals surface area contributed by atoms with E-state index in [1.807, 2.05) is 11.4 Å². The van der Waals surface area contributed by atoms with Gasteiger partial charge in [-0.2, -0.15) is 0 Å². The maximum absolute atomic E-state index is 12.0. The van der Waals surface area contributed by atoms with E-state index in [0.717, 1.165) is 29.1 Å². The van der Waals surface area contributed by atoms with Gasteiger partial charge in [0.2, 0.25) is 5.91 Å². The number of hydrogen-bond acceptors (Lipinski definition) is 6. The van der Waals surface area contributed by atoms with Crippen molar-refractivity contribution in [1.29, 1.82) is 0 Å². The van der Waals surface area contributed by atoms with E-state index in [2.05, 4.69) is 25.5 Å². The molecule has 1 saturated heterocycles. The molecule has 0 radical (unpaired) electrons. The van der Waals surface area contributed by atoms with E-state index in [1.165, 1.54) is 0 Å². The largest absolute Gasteiger partial charge is 0.357 e. The number of thiophene rings is 1. The lowest BCUT2D eigenvalue weighted by Crippen LogP contribution is -2.57. The third kappa shape index (κ3) is 2.15. The standard InChI is InChI=1S/C12H15N5OS/c1-13-12(18)9-6-14-3-4-17(9)11-10-8(2-5-19-10)15-7-16-11/h2,5,7,9,14H,3-4,6H2,1H3,(H,13,18). The minimum absolute atomic E-state index is 0.00974. The van der Waals surface area contributed by atoms with Crippen LogP contribution in [0.3, 0.4) is 0 Å². The maximum atomic E-state index is 12.0. The number of carbonyl (C=O) groups excluding carboxylic acids is 1. The summed E-state index contributed by atoms with van der Waals surface area (Å²) in [5, 5.41) is 7.96. The first-order valence-electron chi connectivity index (χ1n) is 6.18. The van der Waals surface area contributed by atoms with Gasteiger partial charge in [-0.3, -0.25) is 4.79 Å². The van der Waals surface area contributed by atoms with Crippen LogP contribution in [0.15, 0.2) is 17.8 Å². The molecule has 2 aromatic heterocycles. The number of aromatic nitrogens is 2. The summed E-state index contributed by atoms with van der Waals surface area (Å²) in [6.07, 6.45) is 1.56. The summed E-state index contributed by atoms with van der Waals surface area (Å²) in [5.74, 6) is 0.866. The van der Waals surface area contributed by atoms with E-state index in [0.29, 0.717) is 6.54 Å². The second-order valence-corrected chi connectivity index (χ2v) is 5.28. The SMILES string of the molecule is CNC(=O)C1CNCCN1c1ncnc2ccsc12. The van der Waals surface area contributed by atoms with E-state index in [9.17, 15) is 4.79 Å². The zero-order valence-electron chi connectivity index (χ0n) is 10.6. The van der Waals surface area contributed by atoms with Crippen molar-refractivity contribution >= 4 is 33.3 Å². The van der Waals surface area contributed by atoms with Crippen LogP contribution in [0.25, 0.3) is 10.2 Å². The number of nitrogens with one attached hydrogen (secondary N) is 2. The van der Waals surface area contributed by atoms with Crippen LogP contribution in [-0.4, -0.2) is 48.6 Å². The molecule has 3 heterocycles. The normalized spacial score (nSPS) is 19.6. The van der Waals surface area contributed by atoms with Crippen LogP contribution in [0.2, 0.25) is 0 Å². The molecule has 0 aliphatic carbocycles. The Morgan fingerprint density at radius 2 is 2.47 bits per heavy atom. The van der Waals surface area contributed by atoms with E-state index >= 15 is 0 Å². The molecule has 1 aliphatic heterocycles. The molecular formula is C12H15N5OS. The van der Waals surface area contributed by atoms with Gasteiger partial charge in [0.1, 0.15) is 12.4 Å². The highest BCUT2D eigenvalue weighted by Gasteiger charge is 2.30. The van der Waals surface area contributed by atoms with E-state index in [-0.39, 0.29) is 11.9 Å². The minimum atomic E-state index is -0.223. The predicted octanol–water partition coefficient (Wildman–Crippen LogP) is 0.215. The molecule has 3 rings (SSSR count). The van der Waals surface area contributed by atoms with Crippen molar-refractivity contribution in [2.45, 2.75) is 6.04 Å².